The zero-order valence-electron chi connectivity index (χ0n) is 7.08. The second kappa shape index (κ2) is 3.75. The molecule has 0 bridgehead atoms. The minimum atomic E-state index is 0. The van der Waals surface area contributed by atoms with Gasteiger partial charge < -0.3 is 0 Å². The van der Waals surface area contributed by atoms with E-state index in [-0.39, 0.29) is 4.70 Å². The van der Waals surface area contributed by atoms with E-state index in [4.69, 9.17) is 0 Å². The molecule has 4 nitrogen and oxygen atoms in total. The quantitative estimate of drug-likeness (QED) is 0.660. The van der Waals surface area contributed by atoms with Crippen LogP contribution >= 0.6 is 0 Å². The molecule has 5 heteroatoms. The third kappa shape index (κ3) is 1.69. The number of hydrogen-bond acceptors (Lipinski definition) is 3. The number of nitrogens with zero attached hydrogens (tertiary/aromatic N) is 4. The van der Waals surface area contributed by atoms with Gasteiger partial charge in [0.25, 0.3) is 0 Å². The summed E-state index contributed by atoms with van der Waals surface area (Å²) in [5, 5.41) is 10.9. The van der Waals surface area contributed by atoms with Crippen LogP contribution in [-0.2, 0) is 0 Å². The van der Waals surface area contributed by atoms with E-state index < -0.39 is 0 Å². The highest BCUT2D eigenvalue weighted by Gasteiger charge is 1.98. The summed E-state index contributed by atoms with van der Waals surface area (Å²) in [5.41, 5.74) is 2.17. The van der Waals surface area contributed by atoms with Crippen LogP contribution in [0.2, 0.25) is 0 Å². The van der Waals surface area contributed by atoms with Gasteiger partial charge in [-0.25, -0.2) is 4.68 Å². The van der Waals surface area contributed by atoms with Crippen LogP contribution < -0.4 is 0 Å². The van der Waals surface area contributed by atoms with Gasteiger partial charge in [0, 0.05) is 0 Å². The van der Waals surface area contributed by atoms with Crippen molar-refractivity contribution in [3.05, 3.63) is 36.2 Å². The van der Waals surface area contributed by atoms with E-state index in [0.29, 0.717) is 0 Å². The van der Waals surface area contributed by atoms with Crippen molar-refractivity contribution in [3.8, 4) is 5.69 Å². The smallest absolute Gasteiger partial charge is 0.143 e. The average molecular weight is 180 g/mol. The standard InChI is InChI=1S/C8H8N4.FH/c1-7-4-2-3-5-8(7)12-6-9-10-11-12;/h2-6H,1H3;1H. The van der Waals surface area contributed by atoms with Gasteiger partial charge in [0.1, 0.15) is 6.33 Å². The Labute approximate surface area is 74.6 Å². The predicted octanol–water partition coefficient (Wildman–Crippen LogP) is 1.12. The lowest BCUT2D eigenvalue weighted by Gasteiger charge is -2.01. The Morgan fingerprint density at radius 1 is 1.23 bits per heavy atom. The number of aryl methyl sites for hydroxylation is 1. The maximum absolute atomic E-state index is 3.80. The van der Waals surface area contributed by atoms with Gasteiger partial charge in [-0.05, 0) is 29.0 Å². The largest absolute Gasteiger partial charge is 0.269 e. The van der Waals surface area contributed by atoms with E-state index in [2.05, 4.69) is 15.5 Å². The van der Waals surface area contributed by atoms with Crippen LogP contribution in [0.5, 0.6) is 0 Å². The molecular weight excluding hydrogens is 171 g/mol. The SMILES string of the molecule is Cc1ccccc1-n1cnnn1.F. The van der Waals surface area contributed by atoms with Crippen LogP contribution in [0.4, 0.5) is 4.70 Å². The van der Waals surface area contributed by atoms with Crippen LogP contribution in [0.3, 0.4) is 0 Å². The molecule has 13 heavy (non-hydrogen) atoms. The molecule has 0 amide bonds. The normalized spacial score (nSPS) is 9.31. The third-order valence-electron chi connectivity index (χ3n) is 1.71. The highest BCUT2D eigenvalue weighted by Crippen LogP contribution is 2.09. The Morgan fingerprint density at radius 2 is 2.00 bits per heavy atom. The summed E-state index contributed by atoms with van der Waals surface area (Å²) in [7, 11) is 0. The molecular formula is C8H9FN4. The first-order valence-corrected chi connectivity index (χ1v) is 3.67. The first-order chi connectivity index (χ1) is 5.88. The zero-order valence-corrected chi connectivity index (χ0v) is 7.08. The fourth-order valence-electron chi connectivity index (χ4n) is 1.09. The van der Waals surface area contributed by atoms with Gasteiger partial charge >= 0.3 is 0 Å². The summed E-state index contributed by atoms with van der Waals surface area (Å²) in [6.45, 7) is 2.02. The lowest BCUT2D eigenvalue weighted by molar-refractivity contribution is 0.785. The number of tetrazole rings is 1. The Hall–Kier alpha value is -1.78. The number of aromatic nitrogens is 4. The van der Waals surface area contributed by atoms with E-state index in [1.54, 1.807) is 11.0 Å². The van der Waals surface area contributed by atoms with Crippen molar-refractivity contribution in [2.24, 2.45) is 0 Å². The Kier molecular flexibility index (Phi) is 2.69. The Morgan fingerprint density at radius 3 is 2.62 bits per heavy atom. The maximum atomic E-state index is 3.80. The topological polar surface area (TPSA) is 43.6 Å². The summed E-state index contributed by atoms with van der Waals surface area (Å²) in [4.78, 5) is 0. The van der Waals surface area contributed by atoms with Gasteiger partial charge in [-0.1, -0.05) is 18.2 Å². The van der Waals surface area contributed by atoms with Gasteiger partial charge in [-0.2, -0.15) is 0 Å². The second-order valence-electron chi connectivity index (χ2n) is 2.54. The third-order valence-corrected chi connectivity index (χ3v) is 1.71. The molecule has 0 spiro atoms. The van der Waals surface area contributed by atoms with E-state index in [1.165, 1.54) is 0 Å². The summed E-state index contributed by atoms with van der Waals surface area (Å²) >= 11 is 0. The van der Waals surface area contributed by atoms with Crippen molar-refractivity contribution in [2.75, 3.05) is 0 Å². The van der Waals surface area contributed by atoms with Crippen molar-refractivity contribution in [1.82, 2.24) is 20.2 Å². The van der Waals surface area contributed by atoms with Crippen LogP contribution in [0, 0.1) is 6.92 Å². The van der Waals surface area contributed by atoms with Crippen LogP contribution in [0.25, 0.3) is 5.69 Å². The Balaban J connectivity index is 0.000000845. The molecule has 0 aliphatic rings. The van der Waals surface area contributed by atoms with Gasteiger partial charge in [-0.15, -0.1) is 5.10 Å². The summed E-state index contributed by atoms with van der Waals surface area (Å²) in [6, 6.07) is 7.95. The molecule has 0 unspecified atom stereocenters. The molecule has 0 radical (unpaired) electrons. The zero-order chi connectivity index (χ0) is 8.39. The minimum Gasteiger partial charge on any atom is -0.269 e. The molecule has 0 saturated heterocycles. The molecule has 0 saturated carbocycles. The van der Waals surface area contributed by atoms with Crippen LogP contribution in [0.15, 0.2) is 30.6 Å². The number of halogens is 1. The number of rotatable bonds is 1. The summed E-state index contributed by atoms with van der Waals surface area (Å²) < 4.78 is 1.65. The van der Waals surface area contributed by atoms with E-state index >= 15 is 0 Å². The van der Waals surface area contributed by atoms with Crippen molar-refractivity contribution in [3.63, 3.8) is 0 Å². The lowest BCUT2D eigenvalue weighted by atomic mass is 10.2. The van der Waals surface area contributed by atoms with Crippen LogP contribution in [0.1, 0.15) is 5.56 Å². The fourth-order valence-corrected chi connectivity index (χ4v) is 1.09. The summed E-state index contributed by atoms with van der Waals surface area (Å²) in [5.74, 6) is 0. The molecule has 2 aromatic rings. The van der Waals surface area contributed by atoms with E-state index in [0.717, 1.165) is 11.3 Å². The summed E-state index contributed by atoms with van der Waals surface area (Å²) in [6.07, 6.45) is 1.59. The molecule has 0 aliphatic heterocycles. The van der Waals surface area contributed by atoms with Crippen molar-refractivity contribution >= 4 is 0 Å². The molecule has 0 fully saturated rings. The van der Waals surface area contributed by atoms with Gasteiger partial charge in [0.05, 0.1) is 5.69 Å². The predicted molar refractivity (Wildman–Crippen MR) is 46.4 cm³/mol. The van der Waals surface area contributed by atoms with Gasteiger partial charge in [0.2, 0.25) is 0 Å². The average Bonchev–Trinajstić information content (AvgIpc) is 2.57. The van der Waals surface area contributed by atoms with Gasteiger partial charge in [0.15, 0.2) is 0 Å². The molecule has 0 aliphatic carbocycles. The number of para-hydroxylation sites is 1. The monoisotopic (exact) mass is 180 g/mol. The van der Waals surface area contributed by atoms with E-state index in [1.807, 2.05) is 31.2 Å². The molecule has 1 aromatic carbocycles. The van der Waals surface area contributed by atoms with E-state index in [9.17, 15) is 0 Å². The first kappa shape index (κ1) is 9.31. The van der Waals surface area contributed by atoms with Crippen molar-refractivity contribution in [2.45, 2.75) is 6.92 Å². The molecule has 0 atom stereocenters. The maximum Gasteiger partial charge on any atom is 0.143 e. The lowest BCUT2D eigenvalue weighted by Crippen LogP contribution is -1.96. The highest BCUT2D eigenvalue weighted by atomic mass is 19.0. The molecule has 0 N–H and O–H groups in total. The molecule has 68 valence electrons. The number of benzene rings is 1. The Bertz CT molecular complexity index is 371. The molecule has 1 aromatic heterocycles. The van der Waals surface area contributed by atoms with Gasteiger partial charge in [-0.3, -0.25) is 4.70 Å². The molecule has 1 heterocycles. The molecule has 2 rings (SSSR count). The first-order valence-electron chi connectivity index (χ1n) is 3.67. The van der Waals surface area contributed by atoms with Crippen molar-refractivity contribution in [1.29, 1.82) is 0 Å². The highest BCUT2D eigenvalue weighted by molar-refractivity contribution is 5.38. The number of hydrogen-bond donors (Lipinski definition) is 0. The van der Waals surface area contributed by atoms with Crippen molar-refractivity contribution < 1.29 is 4.70 Å². The fraction of sp³-hybridized carbons (Fsp3) is 0.125. The second-order valence-corrected chi connectivity index (χ2v) is 2.54. The van der Waals surface area contributed by atoms with Crippen LogP contribution in [-0.4, -0.2) is 20.2 Å². The minimum absolute atomic E-state index is 0.